The molecule has 3 rings (SSSR count). The fraction of sp³-hybridized carbons (Fsp3) is 0.455. The average Bonchev–Trinajstić information content (AvgIpc) is 2.97. The standard InChI is InChI=1S/C11H12N4O3/c1-6-12-4-8(11(16)17)15(6)5-9-13-10(14-18-9)7-2-3-7/h4,7H,2-3,5H2,1H3,(H,16,17). The molecule has 1 aliphatic rings. The summed E-state index contributed by atoms with van der Waals surface area (Å²) in [5.41, 5.74) is 0.124. The molecule has 7 nitrogen and oxygen atoms in total. The van der Waals surface area contributed by atoms with Crippen LogP contribution in [0.2, 0.25) is 0 Å². The quantitative estimate of drug-likeness (QED) is 0.873. The molecule has 0 unspecified atom stereocenters. The molecule has 0 aromatic carbocycles. The van der Waals surface area contributed by atoms with E-state index >= 15 is 0 Å². The molecule has 0 saturated heterocycles. The van der Waals surface area contributed by atoms with Crippen LogP contribution >= 0.6 is 0 Å². The van der Waals surface area contributed by atoms with E-state index < -0.39 is 5.97 Å². The van der Waals surface area contributed by atoms with Crippen LogP contribution in [-0.4, -0.2) is 30.8 Å². The van der Waals surface area contributed by atoms with Crippen LogP contribution in [-0.2, 0) is 6.54 Å². The van der Waals surface area contributed by atoms with Crippen molar-refractivity contribution in [3.63, 3.8) is 0 Å². The highest BCUT2D eigenvalue weighted by molar-refractivity contribution is 5.85. The predicted molar refractivity (Wildman–Crippen MR) is 59.3 cm³/mol. The highest BCUT2D eigenvalue weighted by Gasteiger charge is 2.29. The van der Waals surface area contributed by atoms with Gasteiger partial charge in [0.25, 0.3) is 0 Å². The van der Waals surface area contributed by atoms with Gasteiger partial charge >= 0.3 is 5.97 Å². The smallest absolute Gasteiger partial charge is 0.354 e. The number of hydrogen-bond acceptors (Lipinski definition) is 5. The molecule has 7 heteroatoms. The normalized spacial score (nSPS) is 14.9. The molecule has 0 bridgehead atoms. The fourth-order valence-corrected chi connectivity index (χ4v) is 1.81. The molecule has 18 heavy (non-hydrogen) atoms. The Morgan fingerprint density at radius 2 is 2.39 bits per heavy atom. The summed E-state index contributed by atoms with van der Waals surface area (Å²) in [6.45, 7) is 1.98. The van der Waals surface area contributed by atoms with Gasteiger partial charge in [0.05, 0.1) is 6.20 Å². The van der Waals surface area contributed by atoms with Crippen molar-refractivity contribution in [1.29, 1.82) is 0 Å². The molecule has 1 fully saturated rings. The van der Waals surface area contributed by atoms with Crippen LogP contribution in [0.3, 0.4) is 0 Å². The van der Waals surface area contributed by atoms with E-state index in [9.17, 15) is 4.79 Å². The van der Waals surface area contributed by atoms with E-state index in [4.69, 9.17) is 9.63 Å². The van der Waals surface area contributed by atoms with Crippen molar-refractivity contribution < 1.29 is 14.4 Å². The minimum Gasteiger partial charge on any atom is -0.477 e. The molecular weight excluding hydrogens is 236 g/mol. The summed E-state index contributed by atoms with van der Waals surface area (Å²) < 4.78 is 6.67. The maximum absolute atomic E-state index is 11.0. The van der Waals surface area contributed by atoms with E-state index in [1.807, 2.05) is 0 Å². The van der Waals surface area contributed by atoms with Gasteiger partial charge in [0.15, 0.2) is 5.82 Å². The third kappa shape index (κ3) is 1.87. The van der Waals surface area contributed by atoms with Gasteiger partial charge < -0.3 is 14.2 Å². The van der Waals surface area contributed by atoms with Gasteiger partial charge in [0.2, 0.25) is 5.89 Å². The average molecular weight is 248 g/mol. The Morgan fingerprint density at radius 1 is 1.61 bits per heavy atom. The summed E-state index contributed by atoms with van der Waals surface area (Å²) in [6.07, 6.45) is 3.53. The first-order chi connectivity index (χ1) is 8.65. The Kier molecular flexibility index (Phi) is 2.39. The second kappa shape index (κ2) is 3.94. The molecular formula is C11H12N4O3. The Labute approximate surface area is 102 Å². The number of nitrogens with zero attached hydrogens (tertiary/aromatic N) is 4. The van der Waals surface area contributed by atoms with Gasteiger partial charge in [-0.25, -0.2) is 9.78 Å². The molecule has 1 aliphatic carbocycles. The summed E-state index contributed by atoms with van der Waals surface area (Å²) in [5, 5.41) is 12.9. The van der Waals surface area contributed by atoms with Gasteiger partial charge in [0, 0.05) is 5.92 Å². The van der Waals surface area contributed by atoms with E-state index in [-0.39, 0.29) is 12.2 Å². The summed E-state index contributed by atoms with van der Waals surface area (Å²) in [7, 11) is 0. The molecule has 94 valence electrons. The number of carboxylic acids is 1. The van der Waals surface area contributed by atoms with E-state index in [2.05, 4.69) is 15.1 Å². The molecule has 0 aliphatic heterocycles. The van der Waals surface area contributed by atoms with E-state index in [0.29, 0.717) is 17.6 Å². The Morgan fingerprint density at radius 3 is 3.06 bits per heavy atom. The third-order valence-electron chi connectivity index (χ3n) is 2.99. The van der Waals surface area contributed by atoms with E-state index in [0.717, 1.165) is 18.7 Å². The van der Waals surface area contributed by atoms with Crippen molar-refractivity contribution in [3.8, 4) is 0 Å². The molecule has 1 saturated carbocycles. The zero-order valence-corrected chi connectivity index (χ0v) is 9.83. The largest absolute Gasteiger partial charge is 0.477 e. The summed E-state index contributed by atoms with van der Waals surface area (Å²) in [4.78, 5) is 19.3. The number of hydrogen-bond donors (Lipinski definition) is 1. The van der Waals surface area contributed by atoms with Crippen molar-refractivity contribution in [2.24, 2.45) is 0 Å². The predicted octanol–water partition coefficient (Wildman–Crippen LogP) is 1.20. The lowest BCUT2D eigenvalue weighted by atomic mass is 10.4. The van der Waals surface area contributed by atoms with Crippen LogP contribution in [0, 0.1) is 6.92 Å². The van der Waals surface area contributed by atoms with Crippen molar-refractivity contribution in [1.82, 2.24) is 19.7 Å². The molecule has 0 amide bonds. The van der Waals surface area contributed by atoms with Crippen molar-refractivity contribution in [2.45, 2.75) is 32.2 Å². The lowest BCUT2D eigenvalue weighted by molar-refractivity contribution is 0.0685. The highest BCUT2D eigenvalue weighted by atomic mass is 16.5. The third-order valence-corrected chi connectivity index (χ3v) is 2.99. The first-order valence-corrected chi connectivity index (χ1v) is 5.73. The van der Waals surface area contributed by atoms with E-state index in [1.165, 1.54) is 6.20 Å². The summed E-state index contributed by atoms with van der Waals surface area (Å²) >= 11 is 0. The van der Waals surface area contributed by atoms with Crippen LogP contribution in [0.15, 0.2) is 10.7 Å². The number of aryl methyl sites for hydroxylation is 1. The van der Waals surface area contributed by atoms with Crippen LogP contribution in [0.5, 0.6) is 0 Å². The SMILES string of the molecule is Cc1ncc(C(=O)O)n1Cc1nc(C2CC2)no1. The van der Waals surface area contributed by atoms with Gasteiger partial charge in [-0.05, 0) is 19.8 Å². The fourth-order valence-electron chi connectivity index (χ4n) is 1.81. The minimum atomic E-state index is -1.02. The van der Waals surface area contributed by atoms with Crippen molar-refractivity contribution >= 4 is 5.97 Å². The Balaban J connectivity index is 1.86. The molecule has 2 aromatic rings. The van der Waals surface area contributed by atoms with Crippen molar-refractivity contribution in [3.05, 3.63) is 29.4 Å². The van der Waals surface area contributed by atoms with Gasteiger partial charge in [-0.3, -0.25) is 0 Å². The topological polar surface area (TPSA) is 94.0 Å². The lowest BCUT2D eigenvalue weighted by Crippen LogP contribution is -2.11. The number of rotatable bonds is 4. The first kappa shape index (κ1) is 10.9. The van der Waals surface area contributed by atoms with Gasteiger partial charge in [-0.1, -0.05) is 5.16 Å². The number of carboxylic acid groups (broad SMARTS) is 1. The molecule has 0 radical (unpaired) electrons. The summed E-state index contributed by atoms with van der Waals surface area (Å²) in [5.74, 6) is 1.15. The highest BCUT2D eigenvalue weighted by Crippen LogP contribution is 2.38. The maximum Gasteiger partial charge on any atom is 0.354 e. The number of imidazole rings is 1. The molecule has 0 atom stereocenters. The molecule has 2 aromatic heterocycles. The van der Waals surface area contributed by atoms with Gasteiger partial charge in [-0.2, -0.15) is 4.98 Å². The second-order valence-electron chi connectivity index (χ2n) is 4.40. The van der Waals surface area contributed by atoms with Crippen LogP contribution in [0.25, 0.3) is 0 Å². The Bertz CT molecular complexity index is 597. The zero-order valence-electron chi connectivity index (χ0n) is 9.83. The first-order valence-electron chi connectivity index (χ1n) is 5.73. The molecule has 0 spiro atoms. The Hall–Kier alpha value is -2.18. The van der Waals surface area contributed by atoms with Gasteiger partial charge in [0.1, 0.15) is 18.1 Å². The lowest BCUT2D eigenvalue weighted by Gasteiger charge is -2.03. The maximum atomic E-state index is 11.0. The zero-order chi connectivity index (χ0) is 12.7. The van der Waals surface area contributed by atoms with Crippen LogP contribution in [0.1, 0.15) is 46.8 Å². The summed E-state index contributed by atoms with van der Waals surface area (Å²) in [6, 6.07) is 0. The monoisotopic (exact) mass is 248 g/mol. The van der Waals surface area contributed by atoms with Crippen molar-refractivity contribution in [2.75, 3.05) is 0 Å². The molecule has 1 N–H and O–H groups in total. The second-order valence-corrected chi connectivity index (χ2v) is 4.40. The number of aromatic nitrogens is 4. The number of aromatic carboxylic acids is 1. The molecule has 2 heterocycles. The van der Waals surface area contributed by atoms with Crippen LogP contribution in [0.4, 0.5) is 0 Å². The minimum absolute atomic E-state index is 0.124. The van der Waals surface area contributed by atoms with Crippen LogP contribution < -0.4 is 0 Å². The van der Waals surface area contributed by atoms with E-state index in [1.54, 1.807) is 11.5 Å². The van der Waals surface area contributed by atoms with Gasteiger partial charge in [-0.15, -0.1) is 0 Å². The number of carbonyl (C=O) groups is 1.